The summed E-state index contributed by atoms with van der Waals surface area (Å²) in [4.78, 5) is 0. The normalized spacial score (nSPS) is 10.2. The number of nitrogens with zero attached hydrogens (tertiary/aromatic N) is 2. The molecule has 0 saturated heterocycles. The molecular weight excluding hydrogens is 132 g/mol. The Hall–Kier alpha value is -0.960. The van der Waals surface area contributed by atoms with E-state index in [0.717, 1.165) is 0 Å². The topological polar surface area (TPSA) is 25.8 Å². The van der Waals surface area contributed by atoms with Gasteiger partial charge in [-0.2, -0.15) is 21.5 Å². The van der Waals surface area contributed by atoms with Gasteiger partial charge in [-0.15, -0.1) is 0 Å². The maximum Gasteiger partial charge on any atom is 0.0583 e. The van der Waals surface area contributed by atoms with Crippen LogP contribution in [0.15, 0.2) is 23.2 Å². The van der Waals surface area contributed by atoms with Gasteiger partial charge in [0, 0.05) is 21.5 Å². The average molecular weight is 136 g/mol. The van der Waals surface area contributed by atoms with Crippen LogP contribution in [0.3, 0.4) is 0 Å². The predicted octanol–water partition coefficient (Wildman–Crippen LogP) is 1.69. The van der Waals surface area contributed by atoms with Gasteiger partial charge in [0.05, 0.1) is 12.4 Å². The van der Waals surface area contributed by atoms with Crippen molar-refractivity contribution in [2.45, 2.75) is 0 Å². The van der Waals surface area contributed by atoms with Crippen molar-refractivity contribution in [2.24, 2.45) is 0 Å². The van der Waals surface area contributed by atoms with Crippen LogP contribution < -0.4 is 0 Å². The molecule has 2 aromatic heterocycles. The molecule has 0 aromatic carbocycles. The van der Waals surface area contributed by atoms with Crippen molar-refractivity contribution in [3.63, 3.8) is 0 Å². The number of fused-ring (bicyclic) bond motifs is 1. The largest absolute Gasteiger partial charge is 0.158 e. The molecule has 44 valence electrons. The zero-order chi connectivity index (χ0) is 6.10. The first-order valence-electron chi connectivity index (χ1n) is 2.59. The summed E-state index contributed by atoms with van der Waals surface area (Å²) in [5, 5.41) is 14.0. The van der Waals surface area contributed by atoms with Crippen molar-refractivity contribution in [1.29, 1.82) is 0 Å². The summed E-state index contributed by atoms with van der Waals surface area (Å²) in [5.41, 5.74) is 0. The average Bonchev–Trinajstić information content (AvgIpc) is 2.33. The van der Waals surface area contributed by atoms with Gasteiger partial charge in [-0.05, 0) is 0 Å². The van der Waals surface area contributed by atoms with E-state index < -0.39 is 0 Å². The van der Waals surface area contributed by atoms with E-state index in [2.05, 4.69) is 21.0 Å². The summed E-state index contributed by atoms with van der Waals surface area (Å²) < 4.78 is 0. The Morgan fingerprint density at radius 3 is 2.11 bits per heavy atom. The lowest BCUT2D eigenvalue weighted by atomic mass is 10.3. The Morgan fingerprint density at radius 1 is 1.00 bits per heavy atom. The van der Waals surface area contributed by atoms with Gasteiger partial charge in [-0.25, -0.2) is 0 Å². The number of hydrogen-bond donors (Lipinski definition) is 0. The minimum atomic E-state index is 1.18. The maximum absolute atomic E-state index is 3.74. The monoisotopic (exact) mass is 136 g/mol. The molecule has 0 spiro atoms. The summed E-state index contributed by atoms with van der Waals surface area (Å²) in [7, 11) is 0. The molecule has 0 N–H and O–H groups in total. The van der Waals surface area contributed by atoms with Crippen LogP contribution in [0.2, 0.25) is 0 Å². The first kappa shape index (κ1) is 4.88. The lowest BCUT2D eigenvalue weighted by Gasteiger charge is -1.80. The van der Waals surface area contributed by atoms with Crippen molar-refractivity contribution in [3.8, 4) is 0 Å². The molecular formula is C6H4N2S. The lowest BCUT2D eigenvalue weighted by molar-refractivity contribution is 1.05. The van der Waals surface area contributed by atoms with Crippen LogP contribution in [0.5, 0.6) is 0 Å². The molecule has 3 heteroatoms. The van der Waals surface area contributed by atoms with Gasteiger partial charge in [0.15, 0.2) is 0 Å². The molecule has 9 heavy (non-hydrogen) atoms. The molecule has 2 aromatic rings. The molecule has 0 aliphatic carbocycles. The highest BCUT2D eigenvalue weighted by Crippen LogP contribution is 2.14. The summed E-state index contributed by atoms with van der Waals surface area (Å²) >= 11 is 1.67. The number of thiophene rings is 1. The SMILES string of the molecule is c1nncc2cscc12. The van der Waals surface area contributed by atoms with E-state index in [4.69, 9.17) is 0 Å². The smallest absolute Gasteiger partial charge is 0.0583 e. The third kappa shape index (κ3) is 0.695. The maximum atomic E-state index is 3.74. The van der Waals surface area contributed by atoms with E-state index in [1.54, 1.807) is 23.7 Å². The Morgan fingerprint density at radius 2 is 1.56 bits per heavy atom. The second-order valence-electron chi connectivity index (χ2n) is 1.77. The molecule has 0 unspecified atom stereocenters. The standard InChI is InChI=1S/C6H4N2S/c1-5-3-9-4-6(5)2-8-7-1/h1-4H. The molecule has 2 rings (SSSR count). The molecule has 0 bridgehead atoms. The third-order valence-electron chi connectivity index (χ3n) is 1.18. The summed E-state index contributed by atoms with van der Waals surface area (Å²) in [6.45, 7) is 0. The van der Waals surface area contributed by atoms with E-state index >= 15 is 0 Å². The minimum Gasteiger partial charge on any atom is -0.158 e. The zero-order valence-electron chi connectivity index (χ0n) is 4.61. The number of rotatable bonds is 0. The van der Waals surface area contributed by atoms with E-state index in [0.29, 0.717) is 0 Å². The van der Waals surface area contributed by atoms with Crippen molar-refractivity contribution in [2.75, 3.05) is 0 Å². The van der Waals surface area contributed by atoms with Gasteiger partial charge in [0.1, 0.15) is 0 Å². The Labute approximate surface area is 56.2 Å². The molecule has 0 amide bonds. The highest BCUT2D eigenvalue weighted by Gasteiger charge is 1.89. The molecule has 2 heterocycles. The fourth-order valence-electron chi connectivity index (χ4n) is 0.718. The van der Waals surface area contributed by atoms with Crippen LogP contribution in [0, 0.1) is 0 Å². The van der Waals surface area contributed by atoms with E-state index in [9.17, 15) is 0 Å². The van der Waals surface area contributed by atoms with E-state index in [-0.39, 0.29) is 0 Å². The minimum absolute atomic E-state index is 1.18. The molecule has 0 aliphatic heterocycles. The molecule has 0 radical (unpaired) electrons. The summed E-state index contributed by atoms with van der Waals surface area (Å²) in [5.74, 6) is 0. The fraction of sp³-hybridized carbons (Fsp3) is 0. The quantitative estimate of drug-likeness (QED) is 0.550. The van der Waals surface area contributed by atoms with Crippen molar-refractivity contribution >= 4 is 22.1 Å². The second-order valence-corrected chi connectivity index (χ2v) is 2.52. The Bertz CT molecular complexity index is 285. The van der Waals surface area contributed by atoms with Crippen LogP contribution >= 0.6 is 11.3 Å². The van der Waals surface area contributed by atoms with E-state index in [1.165, 1.54) is 10.8 Å². The molecule has 0 saturated carbocycles. The van der Waals surface area contributed by atoms with Crippen molar-refractivity contribution < 1.29 is 0 Å². The first-order chi connectivity index (χ1) is 4.47. The van der Waals surface area contributed by atoms with Gasteiger partial charge in [0.2, 0.25) is 0 Å². The molecule has 0 atom stereocenters. The number of aromatic nitrogens is 2. The van der Waals surface area contributed by atoms with Crippen LogP contribution in [-0.4, -0.2) is 10.2 Å². The third-order valence-corrected chi connectivity index (χ3v) is 1.96. The molecule has 0 aliphatic rings. The van der Waals surface area contributed by atoms with Crippen LogP contribution in [-0.2, 0) is 0 Å². The van der Waals surface area contributed by atoms with Gasteiger partial charge in [-0.3, -0.25) is 0 Å². The Balaban J connectivity index is 2.95. The van der Waals surface area contributed by atoms with Crippen molar-refractivity contribution in [1.82, 2.24) is 10.2 Å². The van der Waals surface area contributed by atoms with Crippen LogP contribution in [0.1, 0.15) is 0 Å². The summed E-state index contributed by atoms with van der Waals surface area (Å²) in [6, 6.07) is 0. The predicted molar refractivity (Wildman–Crippen MR) is 37.4 cm³/mol. The number of hydrogen-bond acceptors (Lipinski definition) is 3. The molecule has 2 nitrogen and oxygen atoms in total. The summed E-state index contributed by atoms with van der Waals surface area (Å²) in [6.07, 6.45) is 3.54. The van der Waals surface area contributed by atoms with Gasteiger partial charge >= 0.3 is 0 Å². The Kier molecular flexibility index (Phi) is 0.960. The van der Waals surface area contributed by atoms with Crippen molar-refractivity contribution in [3.05, 3.63) is 23.2 Å². The fourth-order valence-corrected chi connectivity index (χ4v) is 1.47. The van der Waals surface area contributed by atoms with Gasteiger partial charge < -0.3 is 0 Å². The lowest BCUT2D eigenvalue weighted by Crippen LogP contribution is -1.73. The molecule has 0 fully saturated rings. The first-order valence-corrected chi connectivity index (χ1v) is 3.54. The zero-order valence-corrected chi connectivity index (χ0v) is 5.43. The highest BCUT2D eigenvalue weighted by atomic mass is 32.1. The van der Waals surface area contributed by atoms with Gasteiger partial charge in [-0.1, -0.05) is 0 Å². The van der Waals surface area contributed by atoms with Gasteiger partial charge in [0.25, 0.3) is 0 Å². The highest BCUT2D eigenvalue weighted by molar-refractivity contribution is 7.09. The van der Waals surface area contributed by atoms with E-state index in [1.807, 2.05) is 0 Å². The second kappa shape index (κ2) is 1.77. The van der Waals surface area contributed by atoms with Crippen LogP contribution in [0.4, 0.5) is 0 Å². The van der Waals surface area contributed by atoms with Crippen LogP contribution in [0.25, 0.3) is 10.8 Å².